The van der Waals surface area contributed by atoms with Crippen molar-refractivity contribution in [1.29, 1.82) is 0 Å². The van der Waals surface area contributed by atoms with Crippen LogP contribution in [0, 0.1) is 5.82 Å². The lowest BCUT2D eigenvalue weighted by molar-refractivity contribution is 0.0604. The molecular weight excluding hydrogens is 333 g/mol. The third kappa shape index (κ3) is 3.29. The fourth-order valence-corrected chi connectivity index (χ4v) is 3.14. The van der Waals surface area contributed by atoms with Crippen molar-refractivity contribution in [3.8, 4) is 0 Å². The van der Waals surface area contributed by atoms with E-state index in [4.69, 9.17) is 11.6 Å². The lowest BCUT2D eigenvalue weighted by Gasteiger charge is -2.35. The summed E-state index contributed by atoms with van der Waals surface area (Å²) in [6.45, 7) is 0.687. The summed E-state index contributed by atoms with van der Waals surface area (Å²) < 4.78 is 14.3. The van der Waals surface area contributed by atoms with Crippen molar-refractivity contribution in [3.05, 3.63) is 34.1 Å². The molecular formula is C14H16BrClFNO. The molecule has 19 heavy (non-hydrogen) atoms. The van der Waals surface area contributed by atoms with Crippen LogP contribution in [0.2, 0.25) is 0 Å². The number of halogens is 3. The number of nitrogens with zero attached hydrogens (tertiary/aromatic N) is 1. The second-order valence-corrected chi connectivity index (χ2v) is 5.96. The van der Waals surface area contributed by atoms with Crippen molar-refractivity contribution in [2.24, 2.45) is 0 Å². The minimum absolute atomic E-state index is 0.135. The van der Waals surface area contributed by atoms with Crippen LogP contribution in [0.1, 0.15) is 36.0 Å². The smallest absolute Gasteiger partial charge is 0.257 e. The van der Waals surface area contributed by atoms with Crippen LogP contribution >= 0.6 is 27.5 Å². The third-order valence-electron chi connectivity index (χ3n) is 3.51. The molecule has 0 radical (unpaired) electrons. The van der Waals surface area contributed by atoms with Gasteiger partial charge in [-0.05, 0) is 53.7 Å². The molecule has 1 heterocycles. The van der Waals surface area contributed by atoms with E-state index in [1.165, 1.54) is 6.07 Å². The molecule has 1 atom stereocenters. The Labute approximate surface area is 126 Å². The van der Waals surface area contributed by atoms with E-state index in [2.05, 4.69) is 15.9 Å². The first-order valence-electron chi connectivity index (χ1n) is 6.46. The second-order valence-electron chi connectivity index (χ2n) is 4.73. The maximum atomic E-state index is 14.0. The zero-order chi connectivity index (χ0) is 13.8. The number of carbonyl (C=O) groups is 1. The van der Waals surface area contributed by atoms with Crippen molar-refractivity contribution in [2.75, 3.05) is 12.4 Å². The molecule has 0 spiro atoms. The quantitative estimate of drug-likeness (QED) is 0.749. The maximum Gasteiger partial charge on any atom is 0.257 e. The number of hydrogen-bond acceptors (Lipinski definition) is 1. The summed E-state index contributed by atoms with van der Waals surface area (Å²) in [6.07, 6.45) is 3.80. The minimum atomic E-state index is -0.484. The van der Waals surface area contributed by atoms with Crippen LogP contribution < -0.4 is 0 Å². The third-order valence-corrected chi connectivity index (χ3v) is 4.34. The van der Waals surface area contributed by atoms with Gasteiger partial charge in [0.1, 0.15) is 5.82 Å². The summed E-state index contributed by atoms with van der Waals surface area (Å²) in [5.41, 5.74) is 0.135. The van der Waals surface area contributed by atoms with Gasteiger partial charge in [-0.25, -0.2) is 4.39 Å². The monoisotopic (exact) mass is 347 g/mol. The van der Waals surface area contributed by atoms with Gasteiger partial charge < -0.3 is 4.90 Å². The van der Waals surface area contributed by atoms with Gasteiger partial charge in [-0.15, -0.1) is 11.6 Å². The Morgan fingerprint density at radius 1 is 1.47 bits per heavy atom. The molecule has 1 aromatic rings. The number of piperidine rings is 1. The molecule has 2 rings (SSSR count). The molecule has 1 aromatic carbocycles. The molecule has 2 nitrogen and oxygen atoms in total. The Balaban J connectivity index is 2.23. The number of likely N-dealkylation sites (tertiary alicyclic amines) is 1. The predicted octanol–water partition coefficient (Wildman–Crippen LogP) is 4.21. The van der Waals surface area contributed by atoms with E-state index in [0.29, 0.717) is 16.9 Å². The fraction of sp³-hybridized carbons (Fsp3) is 0.500. The van der Waals surface area contributed by atoms with Crippen molar-refractivity contribution >= 4 is 33.4 Å². The normalized spacial score (nSPS) is 19.5. The summed E-state index contributed by atoms with van der Waals surface area (Å²) in [7, 11) is 0. The zero-order valence-electron chi connectivity index (χ0n) is 10.5. The molecule has 0 aliphatic carbocycles. The first-order chi connectivity index (χ1) is 9.15. The number of rotatable bonds is 3. The molecule has 0 aromatic heterocycles. The molecule has 1 fully saturated rings. The summed E-state index contributed by atoms with van der Waals surface area (Å²) in [4.78, 5) is 14.3. The van der Waals surface area contributed by atoms with Gasteiger partial charge in [-0.2, -0.15) is 0 Å². The van der Waals surface area contributed by atoms with Crippen molar-refractivity contribution in [3.63, 3.8) is 0 Å². The lowest BCUT2D eigenvalue weighted by atomic mass is 9.98. The number of carbonyl (C=O) groups excluding carboxylic acids is 1. The Kier molecular flexibility index (Phi) is 5.22. The van der Waals surface area contributed by atoms with Gasteiger partial charge in [0.25, 0.3) is 5.91 Å². The number of hydrogen-bond donors (Lipinski definition) is 0. The van der Waals surface area contributed by atoms with Crippen molar-refractivity contribution in [2.45, 2.75) is 31.7 Å². The van der Waals surface area contributed by atoms with Crippen LogP contribution in [-0.4, -0.2) is 29.3 Å². The van der Waals surface area contributed by atoms with Crippen molar-refractivity contribution < 1.29 is 9.18 Å². The van der Waals surface area contributed by atoms with Crippen LogP contribution in [0.4, 0.5) is 4.39 Å². The van der Waals surface area contributed by atoms with Crippen molar-refractivity contribution in [1.82, 2.24) is 4.90 Å². The van der Waals surface area contributed by atoms with E-state index in [0.717, 1.165) is 25.7 Å². The van der Waals surface area contributed by atoms with E-state index in [1.54, 1.807) is 17.0 Å². The second kappa shape index (κ2) is 6.71. The molecule has 104 valence electrons. The topological polar surface area (TPSA) is 20.3 Å². The SMILES string of the molecule is O=C(c1cccc(Br)c1F)N1CCCCC1CCCl. The molecule has 1 aliphatic rings. The minimum Gasteiger partial charge on any atom is -0.336 e. The molecule has 1 unspecified atom stereocenters. The number of benzene rings is 1. The molecule has 0 N–H and O–H groups in total. The van der Waals surface area contributed by atoms with Gasteiger partial charge in [0.15, 0.2) is 0 Å². The predicted molar refractivity (Wildman–Crippen MR) is 78.1 cm³/mol. The van der Waals surface area contributed by atoms with Crippen LogP contribution in [0.25, 0.3) is 0 Å². The number of amides is 1. The zero-order valence-corrected chi connectivity index (χ0v) is 12.9. The Morgan fingerprint density at radius 2 is 2.26 bits per heavy atom. The van der Waals surface area contributed by atoms with Gasteiger partial charge in [0.2, 0.25) is 0 Å². The molecule has 1 amide bonds. The first-order valence-corrected chi connectivity index (χ1v) is 7.79. The molecule has 0 bridgehead atoms. The Morgan fingerprint density at radius 3 is 3.00 bits per heavy atom. The molecule has 5 heteroatoms. The van der Waals surface area contributed by atoms with Crippen LogP contribution in [-0.2, 0) is 0 Å². The fourth-order valence-electron chi connectivity index (χ4n) is 2.52. The lowest BCUT2D eigenvalue weighted by Crippen LogP contribution is -2.44. The average Bonchev–Trinajstić information content (AvgIpc) is 2.42. The Hall–Kier alpha value is -0.610. The highest BCUT2D eigenvalue weighted by molar-refractivity contribution is 9.10. The highest BCUT2D eigenvalue weighted by Crippen LogP contribution is 2.25. The highest BCUT2D eigenvalue weighted by Gasteiger charge is 2.28. The van der Waals surface area contributed by atoms with Crippen LogP contribution in [0.3, 0.4) is 0 Å². The highest BCUT2D eigenvalue weighted by atomic mass is 79.9. The van der Waals surface area contributed by atoms with E-state index in [-0.39, 0.29) is 17.5 Å². The molecule has 1 saturated heterocycles. The van der Waals surface area contributed by atoms with Gasteiger partial charge in [-0.3, -0.25) is 4.79 Å². The van der Waals surface area contributed by atoms with E-state index in [1.807, 2.05) is 0 Å². The van der Waals surface area contributed by atoms with Gasteiger partial charge >= 0.3 is 0 Å². The maximum absolute atomic E-state index is 14.0. The largest absolute Gasteiger partial charge is 0.336 e. The Bertz CT molecular complexity index is 467. The summed E-state index contributed by atoms with van der Waals surface area (Å²) in [6, 6.07) is 4.95. The van der Waals surface area contributed by atoms with E-state index < -0.39 is 5.82 Å². The van der Waals surface area contributed by atoms with Gasteiger partial charge in [0, 0.05) is 18.5 Å². The summed E-state index contributed by atoms with van der Waals surface area (Å²) in [5, 5.41) is 0. The van der Waals surface area contributed by atoms with E-state index >= 15 is 0 Å². The van der Waals surface area contributed by atoms with Gasteiger partial charge in [-0.1, -0.05) is 6.07 Å². The van der Waals surface area contributed by atoms with E-state index in [9.17, 15) is 9.18 Å². The summed E-state index contributed by atoms with van der Waals surface area (Å²) in [5.74, 6) is -0.189. The summed E-state index contributed by atoms with van der Waals surface area (Å²) >= 11 is 8.91. The standard InChI is InChI=1S/C14H16BrClFNO/c15-12-6-3-5-11(13(12)17)14(19)18-9-2-1-4-10(18)7-8-16/h3,5-6,10H,1-2,4,7-9H2. The van der Waals surface area contributed by atoms with Crippen LogP contribution in [0.5, 0.6) is 0 Å². The number of alkyl halides is 1. The first kappa shape index (κ1) is 14.8. The molecule has 0 saturated carbocycles. The van der Waals surface area contributed by atoms with Crippen LogP contribution in [0.15, 0.2) is 22.7 Å². The molecule has 1 aliphatic heterocycles. The average molecular weight is 349 g/mol. The van der Waals surface area contributed by atoms with Gasteiger partial charge in [0.05, 0.1) is 10.0 Å².